The predicted octanol–water partition coefficient (Wildman–Crippen LogP) is 4.88. The Balaban J connectivity index is 1.83. The van der Waals surface area contributed by atoms with Crippen molar-refractivity contribution in [3.63, 3.8) is 0 Å². The normalized spacial score (nSPS) is 14.9. The molecule has 1 aliphatic rings. The number of nitrogens with zero attached hydrogens (tertiary/aromatic N) is 1. The fraction of sp³-hybridized carbons (Fsp3) is 0.235. The Morgan fingerprint density at radius 1 is 1.04 bits per heavy atom. The summed E-state index contributed by atoms with van der Waals surface area (Å²) in [7, 11) is 0. The minimum absolute atomic E-state index is 0.130. The summed E-state index contributed by atoms with van der Waals surface area (Å²) in [5, 5.41) is 0.946. The highest BCUT2D eigenvalue weighted by Crippen LogP contribution is 2.36. The number of halogens is 2. The first-order valence-electron chi connectivity index (χ1n) is 7.37. The van der Waals surface area contributed by atoms with Gasteiger partial charge in [-0.05, 0) is 49.2 Å². The maximum atomic E-state index is 12.0. The van der Waals surface area contributed by atoms with E-state index in [4.69, 9.17) is 33.7 Å². The molecule has 0 unspecified atom stereocenters. The van der Waals surface area contributed by atoms with Gasteiger partial charge in [0.25, 0.3) is 0 Å². The second-order valence-electron chi connectivity index (χ2n) is 5.40. The Bertz CT molecular complexity index is 749. The zero-order valence-electron chi connectivity index (χ0n) is 12.4. The number of hydrogen-bond acceptors (Lipinski definition) is 3. The topological polar surface area (TPSA) is 55.6 Å². The molecule has 1 saturated heterocycles. The van der Waals surface area contributed by atoms with Gasteiger partial charge in [0.1, 0.15) is 5.75 Å². The molecule has 2 N–H and O–H groups in total. The van der Waals surface area contributed by atoms with E-state index in [2.05, 4.69) is 0 Å². The van der Waals surface area contributed by atoms with E-state index in [1.165, 1.54) is 0 Å². The van der Waals surface area contributed by atoms with Crippen LogP contribution in [0.4, 0.5) is 11.4 Å². The predicted molar refractivity (Wildman–Crippen MR) is 93.6 cm³/mol. The van der Waals surface area contributed by atoms with E-state index in [1.54, 1.807) is 35.2 Å². The number of ether oxygens (including phenoxy) is 1. The van der Waals surface area contributed by atoms with Crippen LogP contribution in [0, 0.1) is 0 Å². The summed E-state index contributed by atoms with van der Waals surface area (Å²) in [6, 6.07) is 10.3. The third-order valence-electron chi connectivity index (χ3n) is 3.74. The summed E-state index contributed by atoms with van der Waals surface area (Å²) in [4.78, 5) is 13.7. The van der Waals surface area contributed by atoms with Crippen LogP contribution in [0.15, 0.2) is 36.4 Å². The zero-order chi connectivity index (χ0) is 16.4. The molecule has 4 nitrogen and oxygen atoms in total. The molecule has 120 valence electrons. The first-order valence-corrected chi connectivity index (χ1v) is 8.13. The Labute approximate surface area is 144 Å². The smallest absolute Gasteiger partial charge is 0.226 e. The van der Waals surface area contributed by atoms with Crippen LogP contribution < -0.4 is 15.4 Å². The lowest BCUT2D eigenvalue weighted by atomic mass is 10.1. The third-order valence-corrected chi connectivity index (χ3v) is 4.27. The second kappa shape index (κ2) is 6.69. The van der Waals surface area contributed by atoms with Crippen molar-refractivity contribution in [3.8, 4) is 11.5 Å². The average molecular weight is 351 g/mol. The number of rotatable bonds is 3. The van der Waals surface area contributed by atoms with Crippen molar-refractivity contribution in [3.05, 3.63) is 46.4 Å². The number of benzene rings is 2. The largest absolute Gasteiger partial charge is 0.454 e. The standard InChI is InChI=1S/C17H16Cl2N2O2/c18-11-4-6-15(13(19)9-11)23-16-7-5-12(10-14(16)20)21-8-2-1-3-17(21)22/h4-7,9-10H,1-3,8,20H2. The number of nitrogen functional groups attached to an aromatic ring is 1. The third kappa shape index (κ3) is 3.54. The number of anilines is 2. The number of amides is 1. The van der Waals surface area contributed by atoms with Crippen LogP contribution in [0.1, 0.15) is 19.3 Å². The van der Waals surface area contributed by atoms with Gasteiger partial charge in [-0.1, -0.05) is 23.2 Å². The van der Waals surface area contributed by atoms with Crippen molar-refractivity contribution >= 4 is 40.5 Å². The highest BCUT2D eigenvalue weighted by Gasteiger charge is 2.20. The monoisotopic (exact) mass is 350 g/mol. The van der Waals surface area contributed by atoms with Gasteiger partial charge >= 0.3 is 0 Å². The second-order valence-corrected chi connectivity index (χ2v) is 6.25. The average Bonchev–Trinajstić information content (AvgIpc) is 2.52. The summed E-state index contributed by atoms with van der Waals surface area (Å²) in [6.45, 7) is 0.724. The highest BCUT2D eigenvalue weighted by molar-refractivity contribution is 6.35. The molecule has 0 spiro atoms. The van der Waals surface area contributed by atoms with Gasteiger partial charge in [0.2, 0.25) is 5.91 Å². The molecule has 0 aromatic heterocycles. The van der Waals surface area contributed by atoms with Gasteiger partial charge in [-0.25, -0.2) is 0 Å². The molecule has 1 heterocycles. The molecular weight excluding hydrogens is 335 g/mol. The summed E-state index contributed by atoms with van der Waals surface area (Å²) >= 11 is 12.0. The fourth-order valence-electron chi connectivity index (χ4n) is 2.55. The lowest BCUT2D eigenvalue weighted by Gasteiger charge is -2.27. The van der Waals surface area contributed by atoms with E-state index < -0.39 is 0 Å². The Kier molecular flexibility index (Phi) is 4.64. The first kappa shape index (κ1) is 16.0. The van der Waals surface area contributed by atoms with E-state index in [0.717, 1.165) is 25.1 Å². The highest BCUT2D eigenvalue weighted by atomic mass is 35.5. The summed E-state index contributed by atoms with van der Waals surface area (Å²) < 4.78 is 5.75. The van der Waals surface area contributed by atoms with Crippen molar-refractivity contribution in [2.75, 3.05) is 17.2 Å². The number of hydrogen-bond donors (Lipinski definition) is 1. The molecular formula is C17H16Cl2N2O2. The Morgan fingerprint density at radius 2 is 1.83 bits per heavy atom. The lowest BCUT2D eigenvalue weighted by Crippen LogP contribution is -2.35. The van der Waals surface area contributed by atoms with Crippen LogP contribution in [0.25, 0.3) is 0 Å². The maximum absolute atomic E-state index is 12.0. The number of nitrogens with two attached hydrogens (primary N) is 1. The summed E-state index contributed by atoms with van der Waals surface area (Å²) in [6.07, 6.45) is 2.53. The molecule has 6 heteroatoms. The lowest BCUT2D eigenvalue weighted by molar-refractivity contribution is -0.119. The number of piperidine rings is 1. The fourth-order valence-corrected chi connectivity index (χ4v) is 3.00. The van der Waals surface area contributed by atoms with Crippen molar-refractivity contribution < 1.29 is 9.53 Å². The van der Waals surface area contributed by atoms with E-state index in [1.807, 2.05) is 6.07 Å². The van der Waals surface area contributed by atoms with Crippen LogP contribution in [0.2, 0.25) is 10.0 Å². The molecule has 2 aromatic rings. The molecule has 2 aromatic carbocycles. The Hall–Kier alpha value is -1.91. The van der Waals surface area contributed by atoms with Crippen molar-refractivity contribution in [2.45, 2.75) is 19.3 Å². The Morgan fingerprint density at radius 3 is 2.52 bits per heavy atom. The van der Waals surface area contributed by atoms with Crippen molar-refractivity contribution in [2.24, 2.45) is 0 Å². The molecule has 0 aliphatic carbocycles. The van der Waals surface area contributed by atoms with Gasteiger partial charge in [-0.2, -0.15) is 0 Å². The molecule has 0 radical (unpaired) electrons. The molecule has 1 aliphatic heterocycles. The summed E-state index contributed by atoms with van der Waals surface area (Å²) in [5.74, 6) is 1.09. The number of carbonyl (C=O) groups is 1. The van der Waals surface area contributed by atoms with Gasteiger partial charge in [0.05, 0.1) is 10.7 Å². The number of carbonyl (C=O) groups excluding carboxylic acids is 1. The quantitative estimate of drug-likeness (QED) is 0.802. The molecule has 1 fully saturated rings. The first-order chi connectivity index (χ1) is 11.0. The SMILES string of the molecule is Nc1cc(N2CCCCC2=O)ccc1Oc1ccc(Cl)cc1Cl. The van der Waals surface area contributed by atoms with E-state index in [-0.39, 0.29) is 5.91 Å². The van der Waals surface area contributed by atoms with Crippen LogP contribution in [0.3, 0.4) is 0 Å². The van der Waals surface area contributed by atoms with Crippen molar-refractivity contribution in [1.29, 1.82) is 0 Å². The van der Waals surface area contributed by atoms with Crippen LogP contribution in [0.5, 0.6) is 11.5 Å². The molecule has 0 saturated carbocycles. The maximum Gasteiger partial charge on any atom is 0.226 e. The minimum Gasteiger partial charge on any atom is -0.454 e. The van der Waals surface area contributed by atoms with Crippen molar-refractivity contribution in [1.82, 2.24) is 0 Å². The van der Waals surface area contributed by atoms with E-state index in [0.29, 0.717) is 33.7 Å². The van der Waals surface area contributed by atoms with Gasteiger partial charge < -0.3 is 15.4 Å². The molecule has 0 atom stereocenters. The van der Waals surface area contributed by atoms with Crippen LogP contribution in [-0.4, -0.2) is 12.5 Å². The minimum atomic E-state index is 0.130. The van der Waals surface area contributed by atoms with E-state index >= 15 is 0 Å². The van der Waals surface area contributed by atoms with Crippen LogP contribution >= 0.6 is 23.2 Å². The van der Waals surface area contributed by atoms with Gasteiger partial charge in [-0.15, -0.1) is 0 Å². The molecule has 0 bridgehead atoms. The zero-order valence-corrected chi connectivity index (χ0v) is 13.9. The van der Waals surface area contributed by atoms with Crippen LogP contribution in [-0.2, 0) is 4.79 Å². The van der Waals surface area contributed by atoms with Gasteiger partial charge in [-0.3, -0.25) is 4.79 Å². The van der Waals surface area contributed by atoms with Gasteiger partial charge in [0.15, 0.2) is 5.75 Å². The molecule has 23 heavy (non-hydrogen) atoms. The molecule has 3 rings (SSSR count). The molecule has 1 amide bonds. The van der Waals surface area contributed by atoms with E-state index in [9.17, 15) is 4.79 Å². The summed E-state index contributed by atoms with van der Waals surface area (Å²) in [5.41, 5.74) is 7.31. The van der Waals surface area contributed by atoms with Gasteiger partial charge in [0, 0.05) is 23.7 Å².